The van der Waals surface area contributed by atoms with Gasteiger partial charge in [0.25, 0.3) is 0 Å². The van der Waals surface area contributed by atoms with Gasteiger partial charge in [-0.25, -0.2) is 0 Å². The van der Waals surface area contributed by atoms with Crippen LogP contribution in [0.3, 0.4) is 0 Å². The van der Waals surface area contributed by atoms with Gasteiger partial charge in [0.05, 0.1) is 5.25 Å². The minimum Gasteiger partial charge on any atom is -0.325 e. The van der Waals surface area contributed by atoms with Crippen LogP contribution in [-0.2, 0) is 10.5 Å². The zero-order valence-corrected chi connectivity index (χ0v) is 14.2. The van der Waals surface area contributed by atoms with Crippen molar-refractivity contribution in [3.8, 4) is 0 Å². The molecule has 0 bridgehead atoms. The summed E-state index contributed by atoms with van der Waals surface area (Å²) in [5.41, 5.74) is 4.57. The average molecular weight is 313 g/mol. The molecule has 1 N–H and O–H groups in total. The molecule has 0 aliphatic carbocycles. The molecule has 0 spiro atoms. The minimum atomic E-state index is -0.0261. The van der Waals surface area contributed by atoms with E-state index in [1.807, 2.05) is 36.4 Å². The zero-order valence-electron chi connectivity index (χ0n) is 13.4. The summed E-state index contributed by atoms with van der Waals surface area (Å²) < 4.78 is 0. The van der Waals surface area contributed by atoms with Crippen molar-refractivity contribution >= 4 is 23.4 Å². The third kappa shape index (κ3) is 4.63. The van der Waals surface area contributed by atoms with E-state index in [9.17, 15) is 4.79 Å². The fraction of sp³-hybridized carbons (Fsp3) is 0.316. The smallest absolute Gasteiger partial charge is 0.237 e. The fourth-order valence-corrected chi connectivity index (χ4v) is 3.22. The number of rotatable bonds is 6. The van der Waals surface area contributed by atoms with Gasteiger partial charge >= 0.3 is 0 Å². The Hall–Kier alpha value is -1.74. The molecule has 0 heterocycles. The number of benzene rings is 2. The maximum absolute atomic E-state index is 12.4. The number of hydrogen-bond donors (Lipinski definition) is 1. The van der Waals surface area contributed by atoms with Crippen LogP contribution < -0.4 is 5.32 Å². The zero-order chi connectivity index (χ0) is 15.9. The molecule has 116 valence electrons. The summed E-state index contributed by atoms with van der Waals surface area (Å²) in [4.78, 5) is 12.4. The first-order valence-electron chi connectivity index (χ1n) is 7.63. The van der Waals surface area contributed by atoms with Crippen molar-refractivity contribution in [1.82, 2.24) is 0 Å². The highest BCUT2D eigenvalue weighted by Gasteiger charge is 2.17. The summed E-state index contributed by atoms with van der Waals surface area (Å²) >= 11 is 1.70. The highest BCUT2D eigenvalue weighted by atomic mass is 32.2. The van der Waals surface area contributed by atoms with Crippen LogP contribution in [0.2, 0.25) is 0 Å². The molecular weight excluding hydrogens is 290 g/mol. The van der Waals surface area contributed by atoms with Gasteiger partial charge in [0.1, 0.15) is 0 Å². The first-order chi connectivity index (χ1) is 10.6. The van der Waals surface area contributed by atoms with Gasteiger partial charge in [-0.1, -0.05) is 43.3 Å². The molecule has 2 rings (SSSR count). The highest BCUT2D eigenvalue weighted by Crippen LogP contribution is 2.22. The molecule has 0 saturated carbocycles. The average Bonchev–Trinajstić information content (AvgIpc) is 2.52. The lowest BCUT2D eigenvalue weighted by Gasteiger charge is -2.15. The van der Waals surface area contributed by atoms with Crippen molar-refractivity contribution in [3.05, 3.63) is 65.2 Å². The summed E-state index contributed by atoms with van der Waals surface area (Å²) in [5, 5.41) is 3.01. The van der Waals surface area contributed by atoms with Crippen LogP contribution in [0, 0.1) is 13.8 Å². The van der Waals surface area contributed by atoms with E-state index >= 15 is 0 Å². The maximum atomic E-state index is 12.4. The van der Waals surface area contributed by atoms with Crippen molar-refractivity contribution in [1.29, 1.82) is 0 Å². The topological polar surface area (TPSA) is 29.1 Å². The Bertz CT molecular complexity index is 625. The van der Waals surface area contributed by atoms with Gasteiger partial charge in [-0.05, 0) is 49.1 Å². The second-order valence-electron chi connectivity index (χ2n) is 5.48. The first-order valence-corrected chi connectivity index (χ1v) is 8.68. The molecular formula is C19H23NOS. The summed E-state index contributed by atoms with van der Waals surface area (Å²) in [7, 11) is 0. The molecule has 22 heavy (non-hydrogen) atoms. The van der Waals surface area contributed by atoms with E-state index in [2.05, 4.69) is 38.2 Å². The predicted molar refractivity (Wildman–Crippen MR) is 96.4 cm³/mol. The summed E-state index contributed by atoms with van der Waals surface area (Å²) in [6.45, 7) is 6.20. The highest BCUT2D eigenvalue weighted by molar-refractivity contribution is 7.99. The van der Waals surface area contributed by atoms with Crippen molar-refractivity contribution in [2.75, 3.05) is 5.32 Å². The monoisotopic (exact) mass is 313 g/mol. The number of anilines is 1. The van der Waals surface area contributed by atoms with Crippen LogP contribution in [-0.4, -0.2) is 11.2 Å². The number of aryl methyl sites for hydroxylation is 2. The summed E-state index contributed by atoms with van der Waals surface area (Å²) in [6.07, 6.45) is 0.828. The third-order valence-corrected chi connectivity index (χ3v) is 5.18. The number of carbonyl (C=O) groups excluding carboxylic acids is 1. The van der Waals surface area contributed by atoms with Crippen LogP contribution in [0.15, 0.2) is 48.5 Å². The molecule has 1 atom stereocenters. The maximum Gasteiger partial charge on any atom is 0.237 e. The van der Waals surface area contributed by atoms with E-state index in [1.165, 1.54) is 16.7 Å². The van der Waals surface area contributed by atoms with Crippen LogP contribution in [0.4, 0.5) is 5.69 Å². The van der Waals surface area contributed by atoms with E-state index in [0.29, 0.717) is 0 Å². The van der Waals surface area contributed by atoms with Gasteiger partial charge in [-0.15, -0.1) is 11.8 Å². The molecule has 3 heteroatoms. The minimum absolute atomic E-state index is 0.0261. The molecule has 0 saturated heterocycles. The molecule has 2 aromatic carbocycles. The number of carbonyl (C=O) groups is 1. The lowest BCUT2D eigenvalue weighted by molar-refractivity contribution is -0.115. The lowest BCUT2D eigenvalue weighted by atomic mass is 10.1. The SMILES string of the molecule is CCC(SCc1ccccc1)C(=O)Nc1ccc(C)c(C)c1. The summed E-state index contributed by atoms with van der Waals surface area (Å²) in [6, 6.07) is 16.3. The van der Waals surface area contributed by atoms with Crippen molar-refractivity contribution in [2.24, 2.45) is 0 Å². The number of hydrogen-bond acceptors (Lipinski definition) is 2. The Balaban J connectivity index is 1.95. The van der Waals surface area contributed by atoms with E-state index in [-0.39, 0.29) is 11.2 Å². The third-order valence-electron chi connectivity index (χ3n) is 3.73. The van der Waals surface area contributed by atoms with Crippen LogP contribution >= 0.6 is 11.8 Å². The fourth-order valence-electron chi connectivity index (χ4n) is 2.19. The van der Waals surface area contributed by atoms with Crippen molar-refractivity contribution in [2.45, 2.75) is 38.2 Å². The van der Waals surface area contributed by atoms with E-state index in [4.69, 9.17) is 0 Å². The number of amides is 1. The molecule has 0 radical (unpaired) electrons. The van der Waals surface area contributed by atoms with Crippen LogP contribution in [0.5, 0.6) is 0 Å². The molecule has 1 amide bonds. The Morgan fingerprint density at radius 1 is 1.09 bits per heavy atom. The van der Waals surface area contributed by atoms with Gasteiger partial charge in [0, 0.05) is 11.4 Å². The van der Waals surface area contributed by atoms with E-state index in [0.717, 1.165) is 17.9 Å². The Kier molecular flexibility index (Phi) is 6.08. The quantitative estimate of drug-likeness (QED) is 0.817. The van der Waals surface area contributed by atoms with Gasteiger partial charge < -0.3 is 5.32 Å². The molecule has 0 aliphatic heterocycles. The molecule has 0 fully saturated rings. The largest absolute Gasteiger partial charge is 0.325 e. The van der Waals surface area contributed by atoms with Gasteiger partial charge in [-0.2, -0.15) is 0 Å². The van der Waals surface area contributed by atoms with Crippen molar-refractivity contribution in [3.63, 3.8) is 0 Å². The van der Waals surface area contributed by atoms with Crippen LogP contribution in [0.25, 0.3) is 0 Å². The molecule has 0 aromatic heterocycles. The van der Waals surface area contributed by atoms with Gasteiger partial charge in [0.2, 0.25) is 5.91 Å². The number of nitrogens with one attached hydrogen (secondary N) is 1. The Morgan fingerprint density at radius 3 is 2.45 bits per heavy atom. The molecule has 2 aromatic rings. The first kappa shape index (κ1) is 16.6. The van der Waals surface area contributed by atoms with Crippen LogP contribution in [0.1, 0.15) is 30.0 Å². The standard InChI is InChI=1S/C19H23NOS/c1-4-18(22-13-16-8-6-5-7-9-16)19(21)20-17-11-10-14(2)15(3)12-17/h5-12,18H,4,13H2,1-3H3,(H,20,21). The lowest BCUT2D eigenvalue weighted by Crippen LogP contribution is -2.24. The second kappa shape index (κ2) is 8.04. The normalized spacial score (nSPS) is 12.0. The Labute approximate surface area is 137 Å². The summed E-state index contributed by atoms with van der Waals surface area (Å²) in [5.74, 6) is 0.950. The molecule has 2 nitrogen and oxygen atoms in total. The Morgan fingerprint density at radius 2 is 1.82 bits per heavy atom. The van der Waals surface area contributed by atoms with E-state index in [1.54, 1.807) is 11.8 Å². The van der Waals surface area contributed by atoms with Gasteiger partial charge in [-0.3, -0.25) is 4.79 Å². The number of thioether (sulfide) groups is 1. The second-order valence-corrected chi connectivity index (χ2v) is 6.67. The van der Waals surface area contributed by atoms with Gasteiger partial charge in [0.15, 0.2) is 0 Å². The molecule has 1 unspecified atom stereocenters. The van der Waals surface area contributed by atoms with Crippen molar-refractivity contribution < 1.29 is 4.79 Å². The molecule has 0 aliphatic rings. The predicted octanol–water partition coefficient (Wildman–Crippen LogP) is 4.95. The van der Waals surface area contributed by atoms with E-state index < -0.39 is 0 Å².